The van der Waals surface area contributed by atoms with Gasteiger partial charge in [-0.15, -0.1) is 0 Å². The number of carbonyl (C=O) groups is 2. The Kier molecular flexibility index (Phi) is 18.4. The van der Waals surface area contributed by atoms with Crippen molar-refractivity contribution in [1.82, 2.24) is 0 Å². The number of phenols is 2. The summed E-state index contributed by atoms with van der Waals surface area (Å²) < 4.78 is 0. The molecule has 287 valence electrons. The average Bonchev–Trinajstić information content (AvgIpc) is 2.90. The quantitative estimate of drug-likeness (QED) is 0.298. The molecule has 0 aromatic heterocycles. The Balaban J connectivity index is 0.00000251. The molecule has 3 rings (SSSR count). The Bertz CT molecular complexity index is 1380. The standard InChI is InChI=1S/C38H58N2O2.2C2H4O2.Co/c1-35(2,3)21-25-17-27(33(41)29(19-25)37(7,8)9)23-39-31-15-13-14-16-32(31)40-24-28-18-26(22-36(4,5)6)20-30(34(28)42)38(10,11)12;2*1-2(3)4;/h17-20,23-24,31-32,41-42H,13-16,21-22H2,1-12H3;2*1H3,(H,3,4);/q;;;+2/p-2. The van der Waals surface area contributed by atoms with Crippen LogP contribution in [0.5, 0.6) is 11.5 Å². The fourth-order valence-electron chi connectivity index (χ4n) is 6.00. The van der Waals surface area contributed by atoms with E-state index < -0.39 is 11.9 Å². The average molecular weight is 752 g/mol. The van der Waals surface area contributed by atoms with Gasteiger partial charge in [-0.2, -0.15) is 0 Å². The third-order valence-electron chi connectivity index (χ3n) is 7.99. The van der Waals surface area contributed by atoms with Gasteiger partial charge in [-0.25, -0.2) is 0 Å². The number of carboxylic acids is 2. The number of nitrogens with zero attached hydrogens (tertiary/aromatic N) is 2. The van der Waals surface area contributed by atoms with Gasteiger partial charge in [0.1, 0.15) is 11.5 Å². The summed E-state index contributed by atoms with van der Waals surface area (Å²) in [5, 5.41) is 40.3. The first-order valence-electron chi connectivity index (χ1n) is 17.7. The van der Waals surface area contributed by atoms with Gasteiger partial charge in [0.05, 0.1) is 12.1 Å². The van der Waals surface area contributed by atoms with E-state index >= 15 is 0 Å². The molecule has 8 nitrogen and oxygen atoms in total. The Morgan fingerprint density at radius 3 is 1.16 bits per heavy atom. The number of benzene rings is 2. The molecule has 0 bridgehead atoms. The van der Waals surface area contributed by atoms with Crippen LogP contribution in [0.2, 0.25) is 0 Å². The van der Waals surface area contributed by atoms with Crippen molar-refractivity contribution in [2.24, 2.45) is 20.8 Å². The Labute approximate surface area is 318 Å². The van der Waals surface area contributed by atoms with Crippen molar-refractivity contribution in [1.29, 1.82) is 0 Å². The minimum Gasteiger partial charge on any atom is -0.550 e. The van der Waals surface area contributed by atoms with Gasteiger partial charge in [0.2, 0.25) is 0 Å². The minimum atomic E-state index is -1.08. The van der Waals surface area contributed by atoms with Gasteiger partial charge in [0.25, 0.3) is 0 Å². The Hall–Kier alpha value is -3.17. The van der Waals surface area contributed by atoms with Gasteiger partial charge in [-0.1, -0.05) is 108 Å². The SMILES string of the molecule is CC(=O)[O-].CC(=O)[O-].CC(C)(C)Cc1cc(C=NC2CCCCC2N=Cc2cc(CC(C)(C)C)cc(C(C)(C)C)c2O)c(O)c(C(C)(C)C)c1.[Co+2]. The maximum atomic E-state index is 11.3. The number of hydrogen-bond donors (Lipinski definition) is 2. The summed E-state index contributed by atoms with van der Waals surface area (Å²) in [4.78, 5) is 27.9. The molecule has 2 aromatic rings. The summed E-state index contributed by atoms with van der Waals surface area (Å²) >= 11 is 0. The van der Waals surface area contributed by atoms with E-state index in [1.165, 1.54) is 11.1 Å². The number of aromatic hydroxyl groups is 2. The molecule has 51 heavy (non-hydrogen) atoms. The molecule has 1 radical (unpaired) electrons. The van der Waals surface area contributed by atoms with E-state index in [0.717, 1.165) is 74.6 Å². The van der Waals surface area contributed by atoms with Crippen LogP contribution in [0.1, 0.15) is 156 Å². The van der Waals surface area contributed by atoms with Gasteiger partial charge in [0.15, 0.2) is 0 Å². The second-order valence-electron chi connectivity index (χ2n) is 18.1. The topological polar surface area (TPSA) is 145 Å². The maximum Gasteiger partial charge on any atom is 2.00 e. The van der Waals surface area contributed by atoms with Crippen molar-refractivity contribution in [3.8, 4) is 11.5 Å². The molecule has 1 saturated carbocycles. The zero-order chi connectivity index (χ0) is 38.8. The van der Waals surface area contributed by atoms with Crippen molar-refractivity contribution in [3.63, 3.8) is 0 Å². The fraction of sp³-hybridized carbons (Fsp3) is 0.619. The first kappa shape index (κ1) is 47.8. The van der Waals surface area contributed by atoms with E-state index in [4.69, 9.17) is 29.8 Å². The summed E-state index contributed by atoms with van der Waals surface area (Å²) in [6.07, 6.45) is 9.81. The number of hydrogen-bond acceptors (Lipinski definition) is 8. The molecule has 0 aliphatic heterocycles. The third kappa shape index (κ3) is 18.2. The molecule has 1 fully saturated rings. The first-order valence-corrected chi connectivity index (χ1v) is 17.7. The van der Waals surface area contributed by atoms with Crippen molar-refractivity contribution < 1.29 is 46.8 Å². The smallest absolute Gasteiger partial charge is 0.550 e. The molecule has 0 heterocycles. The van der Waals surface area contributed by atoms with Gasteiger partial charge in [-0.05, 0) is 84.5 Å². The summed E-state index contributed by atoms with van der Waals surface area (Å²) in [5.41, 5.74) is 5.90. The van der Waals surface area contributed by atoms with E-state index in [2.05, 4.69) is 107 Å². The number of carbonyl (C=O) groups excluding carboxylic acids is 2. The summed E-state index contributed by atoms with van der Waals surface area (Å²) in [6.45, 7) is 28.3. The second-order valence-corrected chi connectivity index (χ2v) is 18.1. The fourth-order valence-corrected chi connectivity index (χ4v) is 6.00. The third-order valence-corrected chi connectivity index (χ3v) is 7.99. The molecular weight excluding hydrogens is 687 g/mol. The summed E-state index contributed by atoms with van der Waals surface area (Å²) in [7, 11) is 0. The van der Waals surface area contributed by atoms with Crippen LogP contribution in [-0.4, -0.2) is 46.7 Å². The van der Waals surface area contributed by atoms with Crippen LogP contribution in [0, 0.1) is 10.8 Å². The summed E-state index contributed by atoms with van der Waals surface area (Å²) in [5.74, 6) is -1.51. The zero-order valence-corrected chi connectivity index (χ0v) is 34.7. The van der Waals surface area contributed by atoms with Crippen LogP contribution in [0.4, 0.5) is 0 Å². The number of phenolic OH excluding ortho intramolecular Hbond substituents is 2. The number of aliphatic carboxylic acids is 2. The van der Waals surface area contributed by atoms with Crippen LogP contribution in [0.3, 0.4) is 0 Å². The van der Waals surface area contributed by atoms with Crippen molar-refractivity contribution in [3.05, 3.63) is 57.6 Å². The van der Waals surface area contributed by atoms with Crippen LogP contribution < -0.4 is 10.2 Å². The summed E-state index contributed by atoms with van der Waals surface area (Å²) in [6, 6.07) is 8.62. The molecule has 2 aromatic carbocycles. The second kappa shape index (κ2) is 19.6. The van der Waals surface area contributed by atoms with Gasteiger partial charge in [-0.3, -0.25) is 9.98 Å². The molecule has 0 spiro atoms. The molecule has 2 atom stereocenters. The molecule has 1 aliphatic carbocycles. The van der Waals surface area contributed by atoms with Gasteiger partial charge < -0.3 is 30.0 Å². The van der Waals surface area contributed by atoms with E-state index in [1.54, 1.807) is 0 Å². The monoisotopic (exact) mass is 751 g/mol. The van der Waals surface area contributed by atoms with Crippen LogP contribution in [0.25, 0.3) is 0 Å². The molecule has 2 unspecified atom stereocenters. The molecule has 2 N–H and O–H groups in total. The largest absolute Gasteiger partial charge is 2.00 e. The van der Waals surface area contributed by atoms with Crippen molar-refractivity contribution >= 4 is 24.4 Å². The Morgan fingerprint density at radius 1 is 0.647 bits per heavy atom. The van der Waals surface area contributed by atoms with E-state index in [1.807, 2.05) is 12.4 Å². The van der Waals surface area contributed by atoms with E-state index in [9.17, 15) is 10.2 Å². The number of aliphatic imine (C=N–C) groups is 2. The normalized spacial score (nSPS) is 16.8. The van der Waals surface area contributed by atoms with Crippen LogP contribution in [0.15, 0.2) is 34.3 Å². The maximum absolute atomic E-state index is 11.3. The number of carboxylic acid groups (broad SMARTS) is 2. The van der Waals surface area contributed by atoms with E-state index in [0.29, 0.717) is 11.5 Å². The van der Waals surface area contributed by atoms with Crippen LogP contribution in [-0.2, 0) is 50.0 Å². The Morgan fingerprint density at radius 2 is 0.922 bits per heavy atom. The number of rotatable bonds is 6. The first-order chi connectivity index (χ1) is 22.6. The molecule has 9 heteroatoms. The van der Waals surface area contributed by atoms with Crippen LogP contribution >= 0.6 is 0 Å². The molecule has 0 saturated heterocycles. The molecule has 0 amide bonds. The van der Waals surface area contributed by atoms with Gasteiger partial charge >= 0.3 is 16.8 Å². The predicted octanol–water partition coefficient (Wildman–Crippen LogP) is 7.23. The molecule has 1 aliphatic rings. The van der Waals surface area contributed by atoms with Crippen molar-refractivity contribution in [2.45, 2.75) is 158 Å². The zero-order valence-electron chi connectivity index (χ0n) is 33.6. The predicted molar refractivity (Wildman–Crippen MR) is 203 cm³/mol. The minimum absolute atomic E-state index is 0. The van der Waals surface area contributed by atoms with Crippen molar-refractivity contribution in [2.75, 3.05) is 0 Å². The van der Waals surface area contributed by atoms with Gasteiger partial charge in [0, 0.05) is 46.6 Å². The molecular formula is C42H64CoN2O6. The van der Waals surface area contributed by atoms with E-state index in [-0.39, 0.29) is 50.5 Å².